The summed E-state index contributed by atoms with van der Waals surface area (Å²) >= 11 is 0. The standard InChI is InChI=1S/C19H25N3O2/c1-3-21(14-15(2)13-20)19(24)18(16-9-5-4-6-10-16)22-12-8-7-11-17(22)23/h4-6,9-10,15,18H,3,7-8,11-12,14H2,1-2H3. The molecule has 0 radical (unpaired) electrons. The summed E-state index contributed by atoms with van der Waals surface area (Å²) in [7, 11) is 0. The molecule has 24 heavy (non-hydrogen) atoms. The van der Waals surface area contributed by atoms with Gasteiger partial charge in [-0.15, -0.1) is 0 Å². The number of carbonyl (C=O) groups is 2. The van der Waals surface area contributed by atoms with Crippen molar-refractivity contribution >= 4 is 11.8 Å². The molecule has 1 saturated heterocycles. The minimum absolute atomic E-state index is 0.0350. The van der Waals surface area contributed by atoms with Crippen LogP contribution in [0.3, 0.4) is 0 Å². The number of amides is 2. The van der Waals surface area contributed by atoms with Crippen molar-refractivity contribution in [2.75, 3.05) is 19.6 Å². The molecule has 5 nitrogen and oxygen atoms in total. The van der Waals surface area contributed by atoms with E-state index in [9.17, 15) is 9.59 Å². The highest BCUT2D eigenvalue weighted by Crippen LogP contribution is 2.27. The Kier molecular flexibility index (Phi) is 6.36. The van der Waals surface area contributed by atoms with Gasteiger partial charge >= 0.3 is 0 Å². The number of benzene rings is 1. The van der Waals surface area contributed by atoms with Gasteiger partial charge in [0.2, 0.25) is 11.8 Å². The van der Waals surface area contributed by atoms with Crippen LogP contribution in [0.2, 0.25) is 0 Å². The third-order valence-electron chi connectivity index (χ3n) is 4.43. The normalized spacial score (nSPS) is 17.0. The number of piperidine rings is 1. The largest absolute Gasteiger partial charge is 0.340 e. The SMILES string of the molecule is CCN(CC(C)C#N)C(=O)C(c1ccccc1)N1CCCCC1=O. The molecule has 0 saturated carbocycles. The highest BCUT2D eigenvalue weighted by atomic mass is 16.2. The number of hydrogen-bond acceptors (Lipinski definition) is 3. The summed E-state index contributed by atoms with van der Waals surface area (Å²) in [6.45, 7) is 5.23. The van der Waals surface area contributed by atoms with Crippen molar-refractivity contribution in [3.8, 4) is 6.07 Å². The van der Waals surface area contributed by atoms with Crippen LogP contribution >= 0.6 is 0 Å². The molecule has 1 aliphatic heterocycles. The van der Waals surface area contributed by atoms with Gasteiger partial charge in [0, 0.05) is 26.1 Å². The second-order valence-electron chi connectivity index (χ2n) is 6.26. The lowest BCUT2D eigenvalue weighted by atomic mass is 9.99. The predicted molar refractivity (Wildman–Crippen MR) is 91.8 cm³/mol. The summed E-state index contributed by atoms with van der Waals surface area (Å²) in [4.78, 5) is 29.0. The van der Waals surface area contributed by atoms with Crippen LogP contribution in [0.1, 0.15) is 44.7 Å². The van der Waals surface area contributed by atoms with E-state index >= 15 is 0 Å². The first-order chi connectivity index (χ1) is 11.6. The van der Waals surface area contributed by atoms with Crippen molar-refractivity contribution in [3.05, 3.63) is 35.9 Å². The number of likely N-dealkylation sites (tertiary alicyclic amines) is 1. The molecule has 0 bridgehead atoms. The number of nitriles is 1. The maximum Gasteiger partial charge on any atom is 0.250 e. The lowest BCUT2D eigenvalue weighted by molar-refractivity contribution is -0.148. The van der Waals surface area contributed by atoms with Gasteiger partial charge in [-0.2, -0.15) is 5.26 Å². The molecule has 0 aromatic heterocycles. The van der Waals surface area contributed by atoms with Gasteiger partial charge in [0.25, 0.3) is 0 Å². The van der Waals surface area contributed by atoms with E-state index in [1.165, 1.54) is 0 Å². The lowest BCUT2D eigenvalue weighted by Gasteiger charge is -2.37. The lowest BCUT2D eigenvalue weighted by Crippen LogP contribution is -2.48. The van der Waals surface area contributed by atoms with Crippen LogP contribution in [0.4, 0.5) is 0 Å². The average molecular weight is 327 g/mol. The summed E-state index contributed by atoms with van der Waals surface area (Å²) in [5.41, 5.74) is 0.834. The molecule has 0 N–H and O–H groups in total. The summed E-state index contributed by atoms with van der Waals surface area (Å²) in [5.74, 6) is -0.295. The van der Waals surface area contributed by atoms with E-state index in [0.717, 1.165) is 18.4 Å². The van der Waals surface area contributed by atoms with Gasteiger partial charge in [0.1, 0.15) is 6.04 Å². The first kappa shape index (κ1) is 18.0. The minimum Gasteiger partial charge on any atom is -0.340 e. The first-order valence-corrected chi connectivity index (χ1v) is 8.61. The number of nitrogens with zero attached hydrogens (tertiary/aromatic N) is 3. The topological polar surface area (TPSA) is 64.4 Å². The van der Waals surface area contributed by atoms with Crippen molar-refractivity contribution in [1.29, 1.82) is 5.26 Å². The molecule has 0 aliphatic carbocycles. The molecule has 1 heterocycles. The quantitative estimate of drug-likeness (QED) is 0.807. The highest BCUT2D eigenvalue weighted by Gasteiger charge is 2.35. The van der Waals surface area contributed by atoms with Gasteiger partial charge in [-0.3, -0.25) is 9.59 Å². The van der Waals surface area contributed by atoms with E-state index in [2.05, 4.69) is 6.07 Å². The summed E-state index contributed by atoms with van der Waals surface area (Å²) in [5, 5.41) is 9.05. The average Bonchev–Trinajstić information content (AvgIpc) is 2.62. The van der Waals surface area contributed by atoms with Crippen LogP contribution in [0.5, 0.6) is 0 Å². The predicted octanol–water partition coefficient (Wildman–Crippen LogP) is 2.75. The Hall–Kier alpha value is -2.35. The third-order valence-corrected chi connectivity index (χ3v) is 4.43. The van der Waals surface area contributed by atoms with E-state index in [1.807, 2.05) is 37.3 Å². The Morgan fingerprint density at radius 3 is 2.62 bits per heavy atom. The minimum atomic E-state index is -0.593. The maximum absolute atomic E-state index is 13.2. The molecule has 2 rings (SSSR count). The molecular formula is C19H25N3O2. The molecule has 2 atom stereocenters. The van der Waals surface area contributed by atoms with Crippen LogP contribution in [0, 0.1) is 17.2 Å². The van der Waals surface area contributed by atoms with Gasteiger partial charge in [-0.25, -0.2) is 0 Å². The molecular weight excluding hydrogens is 302 g/mol. The van der Waals surface area contributed by atoms with Gasteiger partial charge in [0.05, 0.1) is 12.0 Å². The van der Waals surface area contributed by atoms with Crippen LogP contribution in [-0.4, -0.2) is 41.2 Å². The second kappa shape index (κ2) is 8.49. The molecule has 0 spiro atoms. The zero-order valence-corrected chi connectivity index (χ0v) is 14.4. The molecule has 1 fully saturated rings. The van der Waals surface area contributed by atoms with E-state index in [0.29, 0.717) is 26.1 Å². The van der Waals surface area contributed by atoms with E-state index in [-0.39, 0.29) is 17.7 Å². The van der Waals surface area contributed by atoms with Crippen molar-refractivity contribution in [2.24, 2.45) is 5.92 Å². The first-order valence-electron chi connectivity index (χ1n) is 8.61. The fourth-order valence-corrected chi connectivity index (χ4v) is 3.11. The molecule has 1 aromatic rings. The Bertz CT molecular complexity index is 609. The summed E-state index contributed by atoms with van der Waals surface area (Å²) < 4.78 is 0. The van der Waals surface area contributed by atoms with Gasteiger partial charge < -0.3 is 9.80 Å². The number of carbonyl (C=O) groups excluding carboxylic acids is 2. The second-order valence-corrected chi connectivity index (χ2v) is 6.26. The third kappa shape index (κ3) is 4.14. The molecule has 1 aliphatic rings. The molecule has 2 amide bonds. The molecule has 2 unspecified atom stereocenters. The van der Waals surface area contributed by atoms with Gasteiger partial charge in [-0.1, -0.05) is 30.3 Å². The maximum atomic E-state index is 13.2. The van der Waals surface area contributed by atoms with Crippen molar-refractivity contribution in [1.82, 2.24) is 9.80 Å². The highest BCUT2D eigenvalue weighted by molar-refractivity contribution is 5.89. The molecule has 128 valence electrons. The fourth-order valence-electron chi connectivity index (χ4n) is 3.11. The molecule has 1 aromatic carbocycles. The number of rotatable bonds is 6. The zero-order chi connectivity index (χ0) is 17.5. The Labute approximate surface area is 143 Å². The van der Waals surface area contributed by atoms with Crippen molar-refractivity contribution < 1.29 is 9.59 Å². The molecule has 5 heteroatoms. The zero-order valence-electron chi connectivity index (χ0n) is 14.4. The van der Waals surface area contributed by atoms with Crippen molar-refractivity contribution in [2.45, 2.75) is 39.2 Å². The van der Waals surface area contributed by atoms with Crippen LogP contribution in [0.25, 0.3) is 0 Å². The monoisotopic (exact) mass is 327 g/mol. The van der Waals surface area contributed by atoms with Crippen molar-refractivity contribution in [3.63, 3.8) is 0 Å². The van der Waals surface area contributed by atoms with Crippen LogP contribution in [-0.2, 0) is 9.59 Å². The van der Waals surface area contributed by atoms with Crippen LogP contribution < -0.4 is 0 Å². The fraction of sp³-hybridized carbons (Fsp3) is 0.526. The Morgan fingerprint density at radius 1 is 1.33 bits per heavy atom. The summed E-state index contributed by atoms with van der Waals surface area (Å²) in [6, 6.07) is 11.0. The number of hydrogen-bond donors (Lipinski definition) is 0. The van der Waals surface area contributed by atoms with E-state index in [4.69, 9.17) is 5.26 Å². The Morgan fingerprint density at radius 2 is 2.04 bits per heavy atom. The summed E-state index contributed by atoms with van der Waals surface area (Å²) in [6.07, 6.45) is 2.30. The number of likely N-dealkylation sites (N-methyl/N-ethyl adjacent to an activating group) is 1. The van der Waals surface area contributed by atoms with E-state index in [1.54, 1.807) is 16.7 Å². The van der Waals surface area contributed by atoms with E-state index < -0.39 is 6.04 Å². The van der Waals surface area contributed by atoms with Gasteiger partial charge in [0.15, 0.2) is 0 Å². The Balaban J connectivity index is 2.32. The van der Waals surface area contributed by atoms with Gasteiger partial charge in [-0.05, 0) is 32.3 Å². The smallest absolute Gasteiger partial charge is 0.250 e. The van der Waals surface area contributed by atoms with Crippen LogP contribution in [0.15, 0.2) is 30.3 Å².